The van der Waals surface area contributed by atoms with Gasteiger partial charge >= 0.3 is 11.7 Å². The number of aromatic nitrogens is 2. The molecule has 9 nitrogen and oxygen atoms in total. The molecule has 0 spiro atoms. The number of aliphatic carboxylic acids is 1. The van der Waals surface area contributed by atoms with Crippen molar-refractivity contribution in [2.45, 2.75) is 24.2 Å². The number of piperidine rings is 1. The van der Waals surface area contributed by atoms with E-state index in [1.54, 1.807) is 0 Å². The molecule has 116 valence electrons. The van der Waals surface area contributed by atoms with Crippen LogP contribution in [-0.2, 0) is 14.8 Å². The predicted molar refractivity (Wildman–Crippen MR) is 71.4 cm³/mol. The van der Waals surface area contributed by atoms with Crippen molar-refractivity contribution in [1.29, 1.82) is 0 Å². The number of hydrogen-bond acceptors (Lipinski definition) is 5. The Morgan fingerprint density at radius 2 is 1.95 bits per heavy atom. The Morgan fingerprint density at radius 3 is 2.48 bits per heavy atom. The van der Waals surface area contributed by atoms with E-state index in [-0.39, 0.29) is 25.4 Å². The molecule has 1 aliphatic rings. The lowest BCUT2D eigenvalue weighted by atomic mass is 9.95. The fourth-order valence-corrected chi connectivity index (χ4v) is 3.79. The molecule has 0 saturated carbocycles. The summed E-state index contributed by atoms with van der Waals surface area (Å²) in [5, 5.41) is 8.72. The molecule has 1 aliphatic heterocycles. The summed E-state index contributed by atoms with van der Waals surface area (Å²) < 4.78 is 25.8. The van der Waals surface area contributed by atoms with Gasteiger partial charge in [0.15, 0.2) is 4.90 Å². The van der Waals surface area contributed by atoms with Crippen molar-refractivity contribution in [2.75, 3.05) is 13.1 Å². The zero-order chi connectivity index (χ0) is 15.6. The third kappa shape index (κ3) is 3.39. The van der Waals surface area contributed by atoms with Gasteiger partial charge in [0.25, 0.3) is 5.56 Å². The molecule has 2 rings (SSSR count). The van der Waals surface area contributed by atoms with Crippen molar-refractivity contribution in [1.82, 2.24) is 14.3 Å². The van der Waals surface area contributed by atoms with Crippen molar-refractivity contribution in [3.05, 3.63) is 27.0 Å². The van der Waals surface area contributed by atoms with Crippen molar-refractivity contribution in [3.63, 3.8) is 0 Å². The number of H-pyrrole nitrogens is 2. The van der Waals surface area contributed by atoms with Gasteiger partial charge in [0, 0.05) is 25.7 Å². The molecule has 1 saturated heterocycles. The molecule has 1 aromatic rings. The van der Waals surface area contributed by atoms with Crippen LogP contribution in [0.3, 0.4) is 0 Å². The Balaban J connectivity index is 2.17. The summed E-state index contributed by atoms with van der Waals surface area (Å²) in [5.74, 6) is -0.976. The van der Waals surface area contributed by atoms with E-state index in [1.807, 2.05) is 4.98 Å². The molecule has 21 heavy (non-hydrogen) atoms. The Labute approximate surface area is 119 Å². The van der Waals surface area contributed by atoms with Crippen LogP contribution in [0.4, 0.5) is 0 Å². The lowest BCUT2D eigenvalue weighted by molar-refractivity contribution is -0.138. The zero-order valence-corrected chi connectivity index (χ0v) is 11.9. The van der Waals surface area contributed by atoms with E-state index >= 15 is 0 Å². The topological polar surface area (TPSA) is 140 Å². The third-order valence-electron chi connectivity index (χ3n) is 3.44. The van der Waals surface area contributed by atoms with E-state index in [1.165, 1.54) is 0 Å². The van der Waals surface area contributed by atoms with Crippen LogP contribution in [0, 0.1) is 5.92 Å². The number of rotatable bonds is 4. The Kier molecular flexibility index (Phi) is 4.28. The van der Waals surface area contributed by atoms with Crippen LogP contribution in [0.15, 0.2) is 20.7 Å². The predicted octanol–water partition coefficient (Wildman–Crippen LogP) is -1.06. The van der Waals surface area contributed by atoms with Crippen molar-refractivity contribution in [3.8, 4) is 0 Å². The van der Waals surface area contributed by atoms with Gasteiger partial charge in [0.05, 0.1) is 0 Å². The number of hydrogen-bond donors (Lipinski definition) is 3. The van der Waals surface area contributed by atoms with Gasteiger partial charge in [-0.05, 0) is 18.8 Å². The molecule has 3 N–H and O–H groups in total. The molecule has 0 aromatic carbocycles. The molecular weight excluding hydrogens is 302 g/mol. The summed E-state index contributed by atoms with van der Waals surface area (Å²) in [6, 6.07) is 0. The highest BCUT2D eigenvalue weighted by Crippen LogP contribution is 2.24. The number of carboxylic acids is 1. The van der Waals surface area contributed by atoms with E-state index in [2.05, 4.69) is 4.98 Å². The smallest absolute Gasteiger partial charge is 0.325 e. The number of carboxylic acid groups (broad SMARTS) is 1. The lowest BCUT2D eigenvalue weighted by Crippen LogP contribution is -2.41. The maximum atomic E-state index is 12.3. The van der Waals surface area contributed by atoms with E-state index in [4.69, 9.17) is 5.11 Å². The highest BCUT2D eigenvalue weighted by Gasteiger charge is 2.31. The van der Waals surface area contributed by atoms with E-state index < -0.39 is 32.1 Å². The molecule has 10 heteroatoms. The van der Waals surface area contributed by atoms with Gasteiger partial charge < -0.3 is 10.1 Å². The second-order valence-corrected chi connectivity index (χ2v) is 6.79. The quantitative estimate of drug-likeness (QED) is 0.646. The van der Waals surface area contributed by atoms with Gasteiger partial charge in [-0.1, -0.05) is 0 Å². The first-order valence-corrected chi connectivity index (χ1v) is 7.78. The summed E-state index contributed by atoms with van der Waals surface area (Å²) in [4.78, 5) is 36.6. The van der Waals surface area contributed by atoms with Gasteiger partial charge in [0.1, 0.15) is 0 Å². The Hall–Kier alpha value is -1.94. The maximum Gasteiger partial charge on any atom is 0.325 e. The molecule has 2 heterocycles. The molecule has 0 aliphatic carbocycles. The maximum absolute atomic E-state index is 12.3. The summed E-state index contributed by atoms with van der Waals surface area (Å²) in [7, 11) is -3.99. The van der Waals surface area contributed by atoms with Crippen LogP contribution in [0.1, 0.15) is 19.3 Å². The van der Waals surface area contributed by atoms with Crippen molar-refractivity contribution in [2.24, 2.45) is 5.92 Å². The number of nitrogens with one attached hydrogen (secondary N) is 2. The molecule has 0 atom stereocenters. The van der Waals surface area contributed by atoms with E-state index in [0.29, 0.717) is 12.8 Å². The fraction of sp³-hybridized carbons (Fsp3) is 0.545. The minimum Gasteiger partial charge on any atom is -0.481 e. The van der Waals surface area contributed by atoms with Crippen molar-refractivity contribution < 1.29 is 18.3 Å². The number of carbonyl (C=O) groups is 1. The molecule has 0 radical (unpaired) electrons. The first-order valence-electron chi connectivity index (χ1n) is 6.34. The largest absolute Gasteiger partial charge is 0.481 e. The first kappa shape index (κ1) is 15.4. The van der Waals surface area contributed by atoms with Gasteiger partial charge in [-0.2, -0.15) is 4.31 Å². The van der Waals surface area contributed by atoms with Crippen LogP contribution in [0.5, 0.6) is 0 Å². The molecule has 1 aromatic heterocycles. The van der Waals surface area contributed by atoms with Crippen LogP contribution < -0.4 is 11.2 Å². The minimum absolute atomic E-state index is 0.00707. The third-order valence-corrected chi connectivity index (χ3v) is 5.34. The molecular formula is C11H15N3O6S. The monoisotopic (exact) mass is 317 g/mol. The average molecular weight is 317 g/mol. The normalized spacial score (nSPS) is 17.7. The highest BCUT2D eigenvalue weighted by molar-refractivity contribution is 7.89. The van der Waals surface area contributed by atoms with Crippen LogP contribution in [0.2, 0.25) is 0 Å². The van der Waals surface area contributed by atoms with Crippen LogP contribution in [0.25, 0.3) is 0 Å². The second-order valence-electron chi connectivity index (χ2n) is 4.88. The summed E-state index contributed by atoms with van der Waals surface area (Å²) in [5.41, 5.74) is -1.74. The number of sulfonamides is 1. The minimum atomic E-state index is -3.99. The molecule has 0 bridgehead atoms. The first-order chi connectivity index (χ1) is 9.80. The average Bonchev–Trinajstić information content (AvgIpc) is 2.38. The molecule has 0 unspecified atom stereocenters. The van der Waals surface area contributed by atoms with Crippen LogP contribution >= 0.6 is 0 Å². The van der Waals surface area contributed by atoms with E-state index in [9.17, 15) is 22.8 Å². The Bertz CT molecular complexity index is 742. The lowest BCUT2D eigenvalue weighted by Gasteiger charge is -2.30. The number of nitrogens with zero attached hydrogens (tertiary/aromatic N) is 1. The summed E-state index contributed by atoms with van der Waals surface area (Å²) in [6.07, 6.45) is 1.73. The second kappa shape index (κ2) is 5.82. The highest BCUT2D eigenvalue weighted by atomic mass is 32.2. The van der Waals surface area contributed by atoms with Gasteiger partial charge in [-0.15, -0.1) is 0 Å². The molecule has 1 fully saturated rings. The standard InChI is InChI=1S/C11H15N3O6S/c15-9(16)5-7-1-3-14(4-2-7)21(19,20)8-6-12-11(18)13-10(8)17/h6-7H,1-5H2,(H,15,16)(H2,12,13,17,18). The number of aromatic amines is 2. The molecule has 0 amide bonds. The summed E-state index contributed by atoms with van der Waals surface area (Å²) in [6.45, 7) is 0.303. The van der Waals surface area contributed by atoms with Gasteiger partial charge in [-0.25, -0.2) is 13.2 Å². The zero-order valence-electron chi connectivity index (χ0n) is 11.0. The van der Waals surface area contributed by atoms with Crippen LogP contribution in [-0.4, -0.2) is 46.9 Å². The van der Waals surface area contributed by atoms with Gasteiger partial charge in [0.2, 0.25) is 10.0 Å². The summed E-state index contributed by atoms with van der Waals surface area (Å²) >= 11 is 0. The van der Waals surface area contributed by atoms with Gasteiger partial charge in [-0.3, -0.25) is 14.6 Å². The Morgan fingerprint density at radius 1 is 1.33 bits per heavy atom. The fourth-order valence-electron chi connectivity index (χ4n) is 2.33. The SMILES string of the molecule is O=C(O)CC1CCN(S(=O)(=O)c2c[nH]c(=O)[nH]c2=O)CC1. The van der Waals surface area contributed by atoms with E-state index in [0.717, 1.165) is 10.5 Å². The van der Waals surface area contributed by atoms with Crippen molar-refractivity contribution >= 4 is 16.0 Å².